The molecule has 1 fully saturated rings. The number of hydrogen-bond donors (Lipinski definition) is 2. The second-order valence-corrected chi connectivity index (χ2v) is 3.67. The van der Waals surface area contributed by atoms with Crippen LogP contribution in [0.1, 0.15) is 25.7 Å². The molecule has 0 aromatic rings. The van der Waals surface area contributed by atoms with Crippen LogP contribution in [0.5, 0.6) is 0 Å². The van der Waals surface area contributed by atoms with E-state index in [0.29, 0.717) is 6.42 Å². The van der Waals surface area contributed by atoms with Crippen molar-refractivity contribution in [3.8, 4) is 0 Å². The molecular formula is C10H20N2O2. The molecule has 1 aliphatic rings. The van der Waals surface area contributed by atoms with E-state index in [2.05, 4.69) is 5.32 Å². The molecule has 0 aromatic carbocycles. The summed E-state index contributed by atoms with van der Waals surface area (Å²) >= 11 is 0. The highest BCUT2D eigenvalue weighted by Gasteiger charge is 2.16. The van der Waals surface area contributed by atoms with Crippen molar-refractivity contribution in [3.63, 3.8) is 0 Å². The number of amides is 1. The van der Waals surface area contributed by atoms with Crippen molar-refractivity contribution in [2.24, 2.45) is 0 Å². The average Bonchev–Trinajstić information content (AvgIpc) is 2.70. The summed E-state index contributed by atoms with van der Waals surface area (Å²) in [6.45, 7) is 3.62. The van der Waals surface area contributed by atoms with Gasteiger partial charge in [0.25, 0.3) is 0 Å². The summed E-state index contributed by atoms with van der Waals surface area (Å²) in [6, 6.07) is 0. The van der Waals surface area contributed by atoms with Crippen molar-refractivity contribution in [2.45, 2.75) is 25.7 Å². The van der Waals surface area contributed by atoms with E-state index in [4.69, 9.17) is 5.11 Å². The van der Waals surface area contributed by atoms with Gasteiger partial charge in [-0.15, -0.1) is 0 Å². The Balaban J connectivity index is 1.97. The summed E-state index contributed by atoms with van der Waals surface area (Å²) < 4.78 is 0. The number of nitrogens with one attached hydrogen (secondary N) is 1. The molecule has 82 valence electrons. The Morgan fingerprint density at radius 2 is 2.00 bits per heavy atom. The Morgan fingerprint density at radius 1 is 1.29 bits per heavy atom. The maximum atomic E-state index is 11.5. The predicted molar refractivity (Wildman–Crippen MR) is 55.0 cm³/mol. The summed E-state index contributed by atoms with van der Waals surface area (Å²) in [7, 11) is 0. The minimum atomic E-state index is 0.215. The van der Waals surface area contributed by atoms with E-state index in [1.54, 1.807) is 0 Å². The highest BCUT2D eigenvalue weighted by Crippen LogP contribution is 2.08. The smallest absolute Gasteiger partial charge is 0.223 e. The van der Waals surface area contributed by atoms with Gasteiger partial charge in [-0.05, 0) is 25.8 Å². The molecular weight excluding hydrogens is 180 g/mol. The van der Waals surface area contributed by atoms with Crippen LogP contribution in [-0.2, 0) is 4.79 Å². The quantitative estimate of drug-likeness (QED) is 0.592. The maximum Gasteiger partial charge on any atom is 0.223 e. The van der Waals surface area contributed by atoms with Gasteiger partial charge in [0.15, 0.2) is 0 Å². The molecule has 0 atom stereocenters. The molecule has 2 N–H and O–H groups in total. The van der Waals surface area contributed by atoms with E-state index < -0.39 is 0 Å². The Hall–Kier alpha value is -0.610. The molecule has 4 heteroatoms. The summed E-state index contributed by atoms with van der Waals surface area (Å²) in [5, 5.41) is 11.7. The zero-order chi connectivity index (χ0) is 10.2. The van der Waals surface area contributed by atoms with Crippen LogP contribution in [-0.4, -0.2) is 48.7 Å². The molecule has 4 nitrogen and oxygen atoms in total. The molecule has 0 bridgehead atoms. The number of nitrogens with zero attached hydrogens (tertiary/aromatic N) is 1. The Bertz CT molecular complexity index is 168. The summed E-state index contributed by atoms with van der Waals surface area (Å²) in [4.78, 5) is 13.5. The lowest BCUT2D eigenvalue weighted by molar-refractivity contribution is -0.130. The van der Waals surface area contributed by atoms with E-state index >= 15 is 0 Å². The molecule has 14 heavy (non-hydrogen) atoms. The Morgan fingerprint density at radius 3 is 2.64 bits per heavy atom. The monoisotopic (exact) mass is 200 g/mol. The van der Waals surface area contributed by atoms with Gasteiger partial charge in [0.2, 0.25) is 5.91 Å². The first-order chi connectivity index (χ1) is 6.84. The van der Waals surface area contributed by atoms with Crippen LogP contribution in [0.3, 0.4) is 0 Å². The first-order valence-electron chi connectivity index (χ1n) is 5.44. The van der Waals surface area contributed by atoms with Crippen LogP contribution in [0.15, 0.2) is 0 Å². The predicted octanol–water partition coefficient (Wildman–Crippen LogP) is -0.0291. The largest absolute Gasteiger partial charge is 0.396 e. The molecule has 0 radical (unpaired) electrons. The van der Waals surface area contributed by atoms with E-state index in [9.17, 15) is 4.79 Å². The maximum absolute atomic E-state index is 11.5. The molecule has 0 unspecified atom stereocenters. The number of hydrogen-bond acceptors (Lipinski definition) is 3. The van der Waals surface area contributed by atoms with Crippen molar-refractivity contribution in [2.75, 3.05) is 32.8 Å². The minimum Gasteiger partial charge on any atom is -0.396 e. The molecule has 0 spiro atoms. The van der Waals surface area contributed by atoms with Crippen molar-refractivity contribution in [3.05, 3.63) is 0 Å². The van der Waals surface area contributed by atoms with Gasteiger partial charge in [-0.3, -0.25) is 4.79 Å². The normalized spacial score (nSPS) is 16.2. The molecule has 0 aromatic heterocycles. The van der Waals surface area contributed by atoms with Gasteiger partial charge in [-0.2, -0.15) is 0 Å². The third kappa shape index (κ3) is 4.07. The Kier molecular flexibility index (Phi) is 5.56. The number of likely N-dealkylation sites (tertiary alicyclic amines) is 1. The molecule has 0 saturated carbocycles. The number of aliphatic hydroxyl groups is 1. The SMILES string of the molecule is O=C(CCNCCCO)N1CCCC1. The van der Waals surface area contributed by atoms with Gasteiger partial charge in [0, 0.05) is 32.7 Å². The number of rotatable bonds is 6. The molecule has 1 amide bonds. The number of carbonyl (C=O) groups excluding carboxylic acids is 1. The van der Waals surface area contributed by atoms with Crippen LogP contribution < -0.4 is 5.32 Å². The summed E-state index contributed by atoms with van der Waals surface area (Å²) in [5.41, 5.74) is 0. The summed E-state index contributed by atoms with van der Waals surface area (Å²) in [5.74, 6) is 0.263. The van der Waals surface area contributed by atoms with Gasteiger partial charge in [0.05, 0.1) is 0 Å². The standard InChI is InChI=1S/C10H20N2O2/c13-9-3-5-11-6-4-10(14)12-7-1-2-8-12/h11,13H,1-9H2. The molecule has 1 heterocycles. The highest BCUT2D eigenvalue weighted by atomic mass is 16.3. The van der Waals surface area contributed by atoms with E-state index in [1.165, 1.54) is 0 Å². The molecule has 0 aliphatic carbocycles. The van der Waals surface area contributed by atoms with Crippen LogP contribution >= 0.6 is 0 Å². The summed E-state index contributed by atoms with van der Waals surface area (Å²) in [6.07, 6.45) is 3.66. The fourth-order valence-electron chi connectivity index (χ4n) is 1.65. The minimum absolute atomic E-state index is 0.215. The third-order valence-electron chi connectivity index (χ3n) is 2.49. The zero-order valence-corrected chi connectivity index (χ0v) is 8.67. The van der Waals surface area contributed by atoms with Gasteiger partial charge in [-0.25, -0.2) is 0 Å². The first-order valence-corrected chi connectivity index (χ1v) is 5.44. The van der Waals surface area contributed by atoms with Gasteiger partial charge in [-0.1, -0.05) is 0 Å². The van der Waals surface area contributed by atoms with Crippen molar-refractivity contribution in [1.29, 1.82) is 0 Å². The van der Waals surface area contributed by atoms with Crippen LogP contribution in [0.25, 0.3) is 0 Å². The third-order valence-corrected chi connectivity index (χ3v) is 2.49. The average molecular weight is 200 g/mol. The van der Waals surface area contributed by atoms with Gasteiger partial charge in [0.1, 0.15) is 0 Å². The topological polar surface area (TPSA) is 52.6 Å². The zero-order valence-electron chi connectivity index (χ0n) is 8.67. The number of aliphatic hydroxyl groups excluding tert-OH is 1. The van der Waals surface area contributed by atoms with Crippen LogP contribution in [0, 0.1) is 0 Å². The lowest BCUT2D eigenvalue weighted by atomic mass is 10.3. The molecule has 1 aliphatic heterocycles. The van der Waals surface area contributed by atoms with E-state index in [0.717, 1.165) is 45.4 Å². The lowest BCUT2D eigenvalue weighted by Gasteiger charge is -2.14. The van der Waals surface area contributed by atoms with E-state index in [1.807, 2.05) is 4.90 Å². The fraction of sp³-hybridized carbons (Fsp3) is 0.900. The Labute approximate surface area is 85.3 Å². The van der Waals surface area contributed by atoms with Crippen molar-refractivity contribution in [1.82, 2.24) is 10.2 Å². The first kappa shape index (κ1) is 11.5. The second kappa shape index (κ2) is 6.79. The lowest BCUT2D eigenvalue weighted by Crippen LogP contribution is -2.31. The molecule has 1 saturated heterocycles. The second-order valence-electron chi connectivity index (χ2n) is 3.67. The van der Waals surface area contributed by atoms with Crippen molar-refractivity contribution < 1.29 is 9.90 Å². The van der Waals surface area contributed by atoms with Gasteiger partial charge >= 0.3 is 0 Å². The van der Waals surface area contributed by atoms with Crippen LogP contribution in [0.2, 0.25) is 0 Å². The fourth-order valence-corrected chi connectivity index (χ4v) is 1.65. The van der Waals surface area contributed by atoms with Crippen molar-refractivity contribution >= 4 is 5.91 Å². The van der Waals surface area contributed by atoms with Gasteiger partial charge < -0.3 is 15.3 Å². The van der Waals surface area contributed by atoms with E-state index in [-0.39, 0.29) is 12.5 Å². The van der Waals surface area contributed by atoms with Crippen LogP contribution in [0.4, 0.5) is 0 Å². The highest BCUT2D eigenvalue weighted by molar-refractivity contribution is 5.76. The molecule has 1 rings (SSSR count). The number of carbonyl (C=O) groups is 1.